The fourth-order valence-corrected chi connectivity index (χ4v) is 4.31. The largest absolute Gasteiger partial charge is 0.508 e. The minimum atomic E-state index is -4.41. The van der Waals surface area contributed by atoms with Crippen LogP contribution in [0.25, 0.3) is 16.2 Å². The zero-order valence-electron chi connectivity index (χ0n) is 15.8. The molecule has 3 rings (SSSR count). The summed E-state index contributed by atoms with van der Waals surface area (Å²) in [6.45, 7) is 3.59. The number of phenols is 2. The molecule has 0 saturated heterocycles. The molecule has 0 bridgehead atoms. The molecule has 7 heteroatoms. The van der Waals surface area contributed by atoms with Gasteiger partial charge in [0.05, 0.1) is 11.1 Å². The Kier molecular flexibility index (Phi) is 5.71. The highest BCUT2D eigenvalue weighted by Gasteiger charge is 2.31. The van der Waals surface area contributed by atoms with Gasteiger partial charge in [-0.05, 0) is 60.2 Å². The molecule has 0 amide bonds. The topological polar surface area (TPSA) is 57.5 Å². The molecule has 0 radical (unpaired) electrons. The lowest BCUT2D eigenvalue weighted by atomic mass is 10.0. The van der Waals surface area contributed by atoms with Gasteiger partial charge in [-0.15, -0.1) is 11.3 Å². The van der Waals surface area contributed by atoms with Crippen molar-refractivity contribution in [1.82, 2.24) is 0 Å². The number of alkyl halides is 3. The van der Waals surface area contributed by atoms with E-state index in [1.807, 2.05) is 6.92 Å². The third-order valence-electron chi connectivity index (χ3n) is 4.62. The second kappa shape index (κ2) is 7.91. The first-order chi connectivity index (χ1) is 13.6. The normalized spacial score (nSPS) is 12.2. The lowest BCUT2D eigenvalue weighted by molar-refractivity contribution is -0.137. The number of carbonyl (C=O) groups is 1. The molecule has 0 aliphatic heterocycles. The summed E-state index contributed by atoms with van der Waals surface area (Å²) >= 11 is 1.20. The van der Waals surface area contributed by atoms with Crippen molar-refractivity contribution in [1.29, 1.82) is 0 Å². The van der Waals surface area contributed by atoms with E-state index in [1.54, 1.807) is 13.0 Å². The molecule has 2 N–H and O–H groups in total. The Morgan fingerprint density at radius 2 is 1.86 bits per heavy atom. The predicted octanol–water partition coefficient (Wildman–Crippen LogP) is 6.49. The molecule has 0 aliphatic rings. The van der Waals surface area contributed by atoms with Gasteiger partial charge in [0.1, 0.15) is 11.5 Å². The summed E-state index contributed by atoms with van der Waals surface area (Å²) in [5.41, 5.74) is 0.698. The minimum absolute atomic E-state index is 0.0501. The molecule has 3 nitrogen and oxygen atoms in total. The van der Waals surface area contributed by atoms with E-state index < -0.39 is 17.5 Å². The second-order valence-electron chi connectivity index (χ2n) is 6.76. The summed E-state index contributed by atoms with van der Waals surface area (Å²) in [4.78, 5) is 13.2. The maximum atomic E-state index is 13.0. The Labute approximate surface area is 169 Å². The Morgan fingerprint density at radius 1 is 1.14 bits per heavy atom. The van der Waals surface area contributed by atoms with Gasteiger partial charge in [-0.25, -0.2) is 0 Å². The molecule has 152 valence electrons. The fraction of sp³-hybridized carbons (Fsp3) is 0.227. The van der Waals surface area contributed by atoms with Crippen LogP contribution >= 0.6 is 11.3 Å². The number of aryl methyl sites for hydroxylation is 2. The molecular weight excluding hydrogens is 401 g/mol. The summed E-state index contributed by atoms with van der Waals surface area (Å²) in [7, 11) is 0. The SMILES string of the molecule is CCCc1c(C=CC(=O)c2cc(C)c(O)cc2O)sc2cc(C(F)(F)F)ccc12. The van der Waals surface area contributed by atoms with E-state index in [1.165, 1.54) is 29.5 Å². The van der Waals surface area contributed by atoms with Gasteiger partial charge in [0, 0.05) is 15.6 Å². The van der Waals surface area contributed by atoms with Gasteiger partial charge in [0.2, 0.25) is 0 Å². The first-order valence-electron chi connectivity index (χ1n) is 8.99. The molecule has 0 fully saturated rings. The van der Waals surface area contributed by atoms with Crippen molar-refractivity contribution >= 4 is 33.3 Å². The molecule has 0 aliphatic carbocycles. The highest BCUT2D eigenvalue weighted by atomic mass is 32.1. The summed E-state index contributed by atoms with van der Waals surface area (Å²) in [5.74, 6) is -0.901. The van der Waals surface area contributed by atoms with Gasteiger partial charge in [-0.3, -0.25) is 4.79 Å². The predicted molar refractivity (Wildman–Crippen MR) is 109 cm³/mol. The van der Waals surface area contributed by atoms with Crippen LogP contribution in [-0.2, 0) is 12.6 Å². The molecular formula is C22H19F3O3S. The third kappa shape index (κ3) is 4.29. The Hall–Kier alpha value is -2.80. The number of rotatable bonds is 5. The standard InChI is InChI=1S/C22H19F3O3S/c1-3-4-14-15-6-5-13(22(23,24)25)10-21(15)29-20(14)8-7-17(26)16-9-12(2)18(27)11-19(16)28/h5-11,27-28H,3-4H2,1-2H3. The monoisotopic (exact) mass is 420 g/mol. The van der Waals surface area contributed by atoms with Gasteiger partial charge < -0.3 is 10.2 Å². The third-order valence-corrected chi connectivity index (χ3v) is 5.78. The number of phenolic OH excluding ortho intramolecular Hbond substituents is 2. The van der Waals surface area contributed by atoms with Gasteiger partial charge in [0.25, 0.3) is 0 Å². The molecule has 29 heavy (non-hydrogen) atoms. The van der Waals surface area contributed by atoms with E-state index in [0.717, 1.165) is 35.6 Å². The van der Waals surface area contributed by atoms with Crippen LogP contribution in [0, 0.1) is 6.92 Å². The highest BCUT2D eigenvalue weighted by molar-refractivity contribution is 7.20. The van der Waals surface area contributed by atoms with Crippen molar-refractivity contribution in [2.45, 2.75) is 32.9 Å². The van der Waals surface area contributed by atoms with E-state index in [2.05, 4.69) is 0 Å². The van der Waals surface area contributed by atoms with Crippen LogP contribution in [0.15, 0.2) is 36.4 Å². The van der Waals surface area contributed by atoms with Gasteiger partial charge >= 0.3 is 6.18 Å². The van der Waals surface area contributed by atoms with Crippen molar-refractivity contribution in [2.75, 3.05) is 0 Å². The van der Waals surface area contributed by atoms with Crippen LogP contribution in [0.4, 0.5) is 13.2 Å². The molecule has 3 aromatic rings. The number of fused-ring (bicyclic) bond motifs is 1. The molecule has 1 heterocycles. The molecule has 0 unspecified atom stereocenters. The molecule has 2 aromatic carbocycles. The van der Waals surface area contributed by atoms with Crippen LogP contribution in [0.2, 0.25) is 0 Å². The van der Waals surface area contributed by atoms with Gasteiger partial charge in [-0.1, -0.05) is 19.4 Å². The van der Waals surface area contributed by atoms with Crippen molar-refractivity contribution in [3.05, 3.63) is 63.5 Å². The van der Waals surface area contributed by atoms with Gasteiger partial charge in [0.15, 0.2) is 5.78 Å². The smallest absolute Gasteiger partial charge is 0.416 e. The fourth-order valence-electron chi connectivity index (χ4n) is 3.11. The summed E-state index contributed by atoms with van der Waals surface area (Å²) in [5, 5.41) is 20.3. The molecule has 0 atom stereocenters. The first kappa shape index (κ1) is 20.9. The van der Waals surface area contributed by atoms with Gasteiger partial charge in [-0.2, -0.15) is 13.2 Å². The number of hydrogen-bond acceptors (Lipinski definition) is 4. The number of halogens is 3. The molecule has 0 spiro atoms. The number of hydrogen-bond donors (Lipinski definition) is 2. The van der Waals surface area contributed by atoms with Crippen LogP contribution in [0.3, 0.4) is 0 Å². The summed E-state index contributed by atoms with van der Waals surface area (Å²) in [6.07, 6.45) is -0.0708. The number of carbonyl (C=O) groups excluding carboxylic acids is 1. The lowest BCUT2D eigenvalue weighted by Crippen LogP contribution is -2.03. The quantitative estimate of drug-likeness (QED) is 0.366. The Morgan fingerprint density at radius 3 is 2.52 bits per heavy atom. The summed E-state index contributed by atoms with van der Waals surface area (Å²) in [6, 6.07) is 6.19. The average molecular weight is 420 g/mol. The molecule has 0 saturated carbocycles. The van der Waals surface area contributed by atoms with E-state index in [9.17, 15) is 28.2 Å². The second-order valence-corrected chi connectivity index (χ2v) is 7.84. The maximum Gasteiger partial charge on any atom is 0.416 e. The van der Waals surface area contributed by atoms with Crippen molar-refractivity contribution < 1.29 is 28.2 Å². The van der Waals surface area contributed by atoms with Crippen LogP contribution < -0.4 is 0 Å². The highest BCUT2D eigenvalue weighted by Crippen LogP contribution is 2.38. The van der Waals surface area contributed by atoms with E-state index >= 15 is 0 Å². The molecule has 1 aromatic heterocycles. The average Bonchev–Trinajstić information content (AvgIpc) is 2.99. The Balaban J connectivity index is 2.01. The van der Waals surface area contributed by atoms with Crippen molar-refractivity contribution in [2.24, 2.45) is 0 Å². The van der Waals surface area contributed by atoms with E-state index in [4.69, 9.17) is 0 Å². The maximum absolute atomic E-state index is 13.0. The van der Waals surface area contributed by atoms with Crippen molar-refractivity contribution in [3.63, 3.8) is 0 Å². The first-order valence-corrected chi connectivity index (χ1v) is 9.81. The number of thiophene rings is 1. The van der Waals surface area contributed by atoms with Crippen molar-refractivity contribution in [3.8, 4) is 11.5 Å². The summed E-state index contributed by atoms with van der Waals surface area (Å²) < 4.78 is 39.6. The number of allylic oxidation sites excluding steroid dienone is 1. The zero-order valence-corrected chi connectivity index (χ0v) is 16.6. The Bertz CT molecular complexity index is 1110. The van der Waals surface area contributed by atoms with Crippen LogP contribution in [0.5, 0.6) is 11.5 Å². The van der Waals surface area contributed by atoms with Crippen LogP contribution in [-0.4, -0.2) is 16.0 Å². The van der Waals surface area contributed by atoms with E-state index in [-0.39, 0.29) is 17.1 Å². The number of aromatic hydroxyl groups is 2. The minimum Gasteiger partial charge on any atom is -0.508 e. The van der Waals surface area contributed by atoms with E-state index in [0.29, 0.717) is 21.6 Å². The van der Waals surface area contributed by atoms with Crippen LogP contribution in [0.1, 0.15) is 45.3 Å². The number of ketones is 1. The zero-order chi connectivity index (χ0) is 21.3. The number of benzene rings is 2. The lowest BCUT2D eigenvalue weighted by Gasteiger charge is -2.06.